The van der Waals surface area contributed by atoms with Gasteiger partial charge in [-0.3, -0.25) is 4.79 Å². The first-order valence-corrected chi connectivity index (χ1v) is 6.74. The third-order valence-electron chi connectivity index (χ3n) is 2.93. The number of hydrogen-bond acceptors (Lipinski definition) is 2. The molecule has 1 amide bonds. The van der Waals surface area contributed by atoms with Crippen molar-refractivity contribution in [3.05, 3.63) is 65.7 Å². The van der Waals surface area contributed by atoms with Crippen molar-refractivity contribution in [3.63, 3.8) is 0 Å². The minimum absolute atomic E-state index is 0.0281. The van der Waals surface area contributed by atoms with Gasteiger partial charge in [-0.2, -0.15) is 0 Å². The fourth-order valence-electron chi connectivity index (χ4n) is 1.88. The highest BCUT2D eigenvalue weighted by Crippen LogP contribution is 2.15. The molecule has 106 valence electrons. The van der Waals surface area contributed by atoms with Gasteiger partial charge in [0.15, 0.2) is 6.61 Å². The number of ether oxygens (including phenoxy) is 1. The predicted octanol–water partition coefficient (Wildman–Crippen LogP) is 2.41. The fourth-order valence-corrected chi connectivity index (χ4v) is 1.88. The zero-order valence-electron chi connectivity index (χ0n) is 11.7. The number of benzene rings is 2. The van der Waals surface area contributed by atoms with Crippen LogP contribution >= 0.6 is 0 Å². The Morgan fingerprint density at radius 1 is 1.05 bits per heavy atom. The maximum atomic E-state index is 11.4. The van der Waals surface area contributed by atoms with Gasteiger partial charge in [0.2, 0.25) is 0 Å². The summed E-state index contributed by atoms with van der Waals surface area (Å²) in [4.78, 5) is 11.4. The van der Waals surface area contributed by atoms with E-state index in [0.29, 0.717) is 5.75 Å². The molecule has 0 fully saturated rings. The maximum absolute atomic E-state index is 11.4. The lowest BCUT2D eigenvalue weighted by Crippen LogP contribution is -2.28. The van der Waals surface area contributed by atoms with Gasteiger partial charge < -0.3 is 10.1 Å². The fraction of sp³-hybridized carbons (Fsp3) is 0.167. The Kier molecular flexibility index (Phi) is 5.42. The van der Waals surface area contributed by atoms with Crippen molar-refractivity contribution in [3.8, 4) is 18.1 Å². The molecule has 0 bridgehead atoms. The van der Waals surface area contributed by atoms with Crippen molar-refractivity contribution >= 4 is 5.91 Å². The first-order valence-electron chi connectivity index (χ1n) is 6.74. The molecule has 0 aliphatic heterocycles. The van der Waals surface area contributed by atoms with Crippen LogP contribution in [0.15, 0.2) is 54.6 Å². The monoisotopic (exact) mass is 279 g/mol. The van der Waals surface area contributed by atoms with Gasteiger partial charge in [-0.1, -0.05) is 48.4 Å². The van der Waals surface area contributed by atoms with Gasteiger partial charge in [-0.15, -0.1) is 6.42 Å². The predicted molar refractivity (Wildman–Crippen MR) is 83.0 cm³/mol. The molecule has 3 heteroatoms. The molecule has 21 heavy (non-hydrogen) atoms. The molecule has 0 unspecified atom stereocenters. The van der Waals surface area contributed by atoms with E-state index in [9.17, 15) is 4.79 Å². The summed E-state index contributed by atoms with van der Waals surface area (Å²) in [7, 11) is 0. The first-order chi connectivity index (χ1) is 10.3. The molecule has 2 aromatic carbocycles. The van der Waals surface area contributed by atoms with Gasteiger partial charge in [-0.25, -0.2) is 0 Å². The lowest BCUT2D eigenvalue weighted by molar-refractivity contribution is -0.122. The molecular formula is C18H17NO2. The number of nitrogens with one attached hydrogen (secondary N) is 1. The van der Waals surface area contributed by atoms with E-state index in [2.05, 4.69) is 23.4 Å². The van der Waals surface area contributed by atoms with Crippen molar-refractivity contribution in [2.24, 2.45) is 0 Å². The molecular weight excluding hydrogens is 262 g/mol. The summed E-state index contributed by atoms with van der Waals surface area (Å²) in [6, 6.07) is 18.0. The van der Waals surface area contributed by atoms with E-state index in [4.69, 9.17) is 11.2 Å². The largest absolute Gasteiger partial charge is 0.484 e. The molecule has 0 atom stereocenters. The van der Waals surface area contributed by atoms with Crippen LogP contribution in [-0.2, 0) is 11.2 Å². The zero-order chi connectivity index (χ0) is 14.9. The molecule has 0 radical (unpaired) electrons. The molecule has 0 heterocycles. The van der Waals surface area contributed by atoms with E-state index in [0.717, 1.165) is 6.42 Å². The molecule has 0 saturated carbocycles. The molecule has 0 saturated heterocycles. The van der Waals surface area contributed by atoms with Crippen LogP contribution in [0, 0.1) is 12.3 Å². The van der Waals surface area contributed by atoms with Gasteiger partial charge in [-0.05, 0) is 29.7 Å². The van der Waals surface area contributed by atoms with Crippen LogP contribution in [0.2, 0.25) is 0 Å². The lowest BCUT2D eigenvalue weighted by Gasteiger charge is -2.07. The van der Waals surface area contributed by atoms with Crippen molar-refractivity contribution in [1.82, 2.24) is 5.32 Å². The van der Waals surface area contributed by atoms with Gasteiger partial charge in [0, 0.05) is 0 Å². The Labute approximate surface area is 125 Å². The average Bonchev–Trinajstić information content (AvgIpc) is 2.53. The minimum atomic E-state index is -0.221. The number of carbonyl (C=O) groups is 1. The van der Waals surface area contributed by atoms with E-state index in [1.807, 2.05) is 42.5 Å². The second-order valence-electron chi connectivity index (χ2n) is 4.58. The SMILES string of the molecule is C#CCNC(=O)COc1ccc(Cc2ccccc2)cc1. The van der Waals surface area contributed by atoms with Crippen LogP contribution in [0.5, 0.6) is 5.75 Å². The smallest absolute Gasteiger partial charge is 0.258 e. The number of rotatable bonds is 6. The molecule has 0 aliphatic carbocycles. The second kappa shape index (κ2) is 7.76. The molecule has 0 spiro atoms. The molecule has 0 aliphatic rings. The highest BCUT2D eigenvalue weighted by Gasteiger charge is 2.02. The normalized spacial score (nSPS) is 9.67. The number of carbonyl (C=O) groups excluding carboxylic acids is 1. The van der Waals surface area contributed by atoms with Crippen LogP contribution < -0.4 is 10.1 Å². The minimum Gasteiger partial charge on any atom is -0.484 e. The molecule has 3 nitrogen and oxygen atoms in total. The quantitative estimate of drug-likeness (QED) is 0.825. The van der Waals surface area contributed by atoms with Crippen LogP contribution in [0.4, 0.5) is 0 Å². The van der Waals surface area contributed by atoms with Gasteiger partial charge in [0.1, 0.15) is 5.75 Å². The third kappa shape index (κ3) is 5.04. The Balaban J connectivity index is 1.85. The zero-order valence-corrected chi connectivity index (χ0v) is 11.7. The molecule has 2 rings (SSSR count). The van der Waals surface area contributed by atoms with Gasteiger partial charge in [0.05, 0.1) is 6.54 Å². The summed E-state index contributed by atoms with van der Waals surface area (Å²) in [5.74, 6) is 2.79. The standard InChI is InChI=1S/C18H17NO2/c1-2-12-19-18(20)14-21-17-10-8-16(9-11-17)13-15-6-4-3-5-7-15/h1,3-11H,12-14H2,(H,19,20). The summed E-state index contributed by atoms with van der Waals surface area (Å²) in [6.07, 6.45) is 5.94. The Morgan fingerprint density at radius 3 is 2.38 bits per heavy atom. The summed E-state index contributed by atoms with van der Waals surface area (Å²) in [6.45, 7) is 0.192. The van der Waals surface area contributed by atoms with Gasteiger partial charge in [0.25, 0.3) is 5.91 Å². The van der Waals surface area contributed by atoms with E-state index < -0.39 is 0 Å². The number of hydrogen-bond donors (Lipinski definition) is 1. The van der Waals surface area contributed by atoms with Crippen molar-refractivity contribution in [2.75, 3.05) is 13.2 Å². The first kappa shape index (κ1) is 14.7. The second-order valence-corrected chi connectivity index (χ2v) is 4.58. The van der Waals surface area contributed by atoms with E-state index in [1.54, 1.807) is 0 Å². The van der Waals surface area contributed by atoms with E-state index >= 15 is 0 Å². The lowest BCUT2D eigenvalue weighted by atomic mass is 10.1. The van der Waals surface area contributed by atoms with Crippen molar-refractivity contribution in [2.45, 2.75) is 6.42 Å². The summed E-state index contributed by atoms with van der Waals surface area (Å²) < 4.78 is 5.39. The van der Waals surface area contributed by atoms with Crippen LogP contribution in [0.1, 0.15) is 11.1 Å². The molecule has 2 aromatic rings. The highest BCUT2D eigenvalue weighted by atomic mass is 16.5. The highest BCUT2D eigenvalue weighted by molar-refractivity contribution is 5.77. The summed E-state index contributed by atoms with van der Waals surface area (Å²) >= 11 is 0. The van der Waals surface area contributed by atoms with Crippen LogP contribution in [0.3, 0.4) is 0 Å². The maximum Gasteiger partial charge on any atom is 0.258 e. The molecule has 0 aromatic heterocycles. The van der Waals surface area contributed by atoms with E-state index in [-0.39, 0.29) is 19.1 Å². The van der Waals surface area contributed by atoms with Crippen molar-refractivity contribution < 1.29 is 9.53 Å². The molecule has 1 N–H and O–H groups in total. The number of terminal acetylenes is 1. The Morgan fingerprint density at radius 2 is 1.71 bits per heavy atom. The summed E-state index contributed by atoms with van der Waals surface area (Å²) in [5.41, 5.74) is 2.46. The van der Waals surface area contributed by atoms with Crippen LogP contribution in [0.25, 0.3) is 0 Å². The van der Waals surface area contributed by atoms with Crippen molar-refractivity contribution in [1.29, 1.82) is 0 Å². The third-order valence-corrected chi connectivity index (χ3v) is 2.93. The average molecular weight is 279 g/mol. The topological polar surface area (TPSA) is 38.3 Å². The summed E-state index contributed by atoms with van der Waals surface area (Å²) in [5, 5.41) is 2.55. The Bertz CT molecular complexity index is 612. The Hall–Kier alpha value is -2.73. The van der Waals surface area contributed by atoms with E-state index in [1.165, 1.54) is 11.1 Å². The van der Waals surface area contributed by atoms with Gasteiger partial charge >= 0.3 is 0 Å². The van der Waals surface area contributed by atoms with Crippen LogP contribution in [-0.4, -0.2) is 19.1 Å². The number of amides is 1.